The molecular formula is C24H25FN10O3. The number of benzene rings is 1. The van der Waals surface area contributed by atoms with Crippen LogP contribution in [0.2, 0.25) is 0 Å². The van der Waals surface area contributed by atoms with Crippen LogP contribution in [0.15, 0.2) is 42.7 Å². The third kappa shape index (κ3) is 5.33. The van der Waals surface area contributed by atoms with Crippen molar-refractivity contribution < 1.29 is 22.8 Å². The summed E-state index contributed by atoms with van der Waals surface area (Å²) in [5, 5.41) is 20.0. The van der Waals surface area contributed by atoms with Crippen LogP contribution in [-0.2, 0) is 7.05 Å². The Kier molecular flexibility index (Phi) is 6.31. The highest BCUT2D eigenvalue weighted by molar-refractivity contribution is 5.99. The molecule has 13 nitrogen and oxygen atoms in total. The molecule has 0 spiro atoms. The average molecular weight is 524 g/mol. The fourth-order valence-electron chi connectivity index (χ4n) is 3.49. The lowest BCUT2D eigenvalue weighted by molar-refractivity contribution is 0.0816. The fourth-order valence-corrected chi connectivity index (χ4v) is 3.49. The van der Waals surface area contributed by atoms with E-state index in [1.807, 2.05) is 5.32 Å². The third-order valence-corrected chi connectivity index (χ3v) is 5.23. The summed E-state index contributed by atoms with van der Waals surface area (Å²) in [4.78, 5) is 34.6. The summed E-state index contributed by atoms with van der Waals surface area (Å²) in [5.41, 5.74) is 0.776. The molecule has 0 saturated heterocycles. The zero-order valence-electron chi connectivity index (χ0n) is 23.8. The highest BCUT2D eigenvalue weighted by Gasteiger charge is 2.20. The number of carbonyl (C=O) groups excluding carboxylic acids is 2. The number of methoxy groups -OCH3 is 1. The van der Waals surface area contributed by atoms with E-state index in [0.717, 1.165) is 12.4 Å². The molecule has 2 amide bonds. The summed E-state index contributed by atoms with van der Waals surface area (Å²) in [6.07, 6.45) is 2.03. The number of nitrogens with zero attached hydrogens (tertiary/aromatic N) is 7. The molecule has 3 heterocycles. The first-order valence-electron chi connectivity index (χ1n) is 12.5. The highest BCUT2D eigenvalue weighted by atomic mass is 19.1. The van der Waals surface area contributed by atoms with Gasteiger partial charge in [-0.25, -0.2) is 14.4 Å². The number of amides is 2. The predicted octanol–water partition coefficient (Wildman–Crippen LogP) is 2.36. The van der Waals surface area contributed by atoms with Crippen LogP contribution in [-0.4, -0.2) is 74.8 Å². The monoisotopic (exact) mass is 523 g/mol. The van der Waals surface area contributed by atoms with Gasteiger partial charge in [0.1, 0.15) is 5.69 Å². The van der Waals surface area contributed by atoms with Crippen molar-refractivity contribution in [3.63, 3.8) is 0 Å². The molecule has 0 unspecified atom stereocenters. The number of hydrogen-bond donors (Lipinski definition) is 3. The molecule has 0 fully saturated rings. The van der Waals surface area contributed by atoms with Gasteiger partial charge in [0.05, 0.1) is 36.4 Å². The van der Waals surface area contributed by atoms with Crippen molar-refractivity contribution >= 4 is 34.8 Å². The van der Waals surface area contributed by atoms with E-state index in [2.05, 4.69) is 35.9 Å². The van der Waals surface area contributed by atoms with Gasteiger partial charge in [0.15, 0.2) is 34.7 Å². The number of nitrogens with one attached hydrogen (secondary N) is 3. The Morgan fingerprint density at radius 1 is 1.08 bits per heavy atom. The average Bonchev–Trinajstić information content (AvgIpc) is 3.27. The molecule has 0 bridgehead atoms. The van der Waals surface area contributed by atoms with Crippen LogP contribution >= 0.6 is 0 Å². The number of halogens is 1. The Morgan fingerprint density at radius 3 is 2.53 bits per heavy atom. The van der Waals surface area contributed by atoms with E-state index in [9.17, 15) is 14.0 Å². The summed E-state index contributed by atoms with van der Waals surface area (Å²) < 4.78 is 42.6. The number of aryl methyl sites for hydroxylation is 1. The maximum atomic E-state index is 13.4. The molecule has 0 aliphatic carbocycles. The molecule has 0 radical (unpaired) electrons. The molecule has 0 aliphatic rings. The lowest BCUT2D eigenvalue weighted by Crippen LogP contribution is -2.24. The molecule has 3 aromatic heterocycles. The van der Waals surface area contributed by atoms with Crippen LogP contribution in [0, 0.1) is 5.82 Å². The quantitative estimate of drug-likeness (QED) is 0.314. The Hall–Kier alpha value is -5.14. The van der Waals surface area contributed by atoms with Gasteiger partial charge in [-0.2, -0.15) is 5.10 Å². The Balaban J connectivity index is 1.74. The van der Waals surface area contributed by atoms with Gasteiger partial charge in [0, 0.05) is 44.4 Å². The number of anilines is 4. The number of carbonyl (C=O) groups is 2. The number of para-hydroxylation sites is 1. The topological polar surface area (TPSA) is 152 Å². The second-order valence-corrected chi connectivity index (χ2v) is 8.05. The van der Waals surface area contributed by atoms with Gasteiger partial charge in [-0.15, -0.1) is 10.2 Å². The normalized spacial score (nSPS) is 12.1. The Morgan fingerprint density at radius 2 is 1.84 bits per heavy atom. The van der Waals surface area contributed by atoms with E-state index in [4.69, 9.17) is 8.85 Å². The summed E-state index contributed by atoms with van der Waals surface area (Å²) in [5.74, 6) is -1.07. The number of ether oxygens (including phenoxy) is 1. The lowest BCUT2D eigenvalue weighted by Gasteiger charge is -2.16. The third-order valence-electron chi connectivity index (χ3n) is 5.23. The molecule has 0 saturated carbocycles. The largest absolute Gasteiger partial charge is 0.494 e. The maximum Gasteiger partial charge on any atom is 0.273 e. The van der Waals surface area contributed by atoms with Crippen LogP contribution < -0.4 is 20.7 Å². The van der Waals surface area contributed by atoms with Crippen molar-refractivity contribution in [2.24, 2.45) is 7.05 Å². The van der Waals surface area contributed by atoms with Crippen LogP contribution in [0.25, 0.3) is 11.4 Å². The minimum Gasteiger partial charge on any atom is -0.494 e. The highest BCUT2D eigenvalue weighted by Crippen LogP contribution is 2.37. The molecule has 4 aromatic rings. The van der Waals surface area contributed by atoms with Crippen LogP contribution in [0.4, 0.5) is 27.4 Å². The van der Waals surface area contributed by atoms with Crippen molar-refractivity contribution in [3.05, 3.63) is 59.9 Å². The van der Waals surface area contributed by atoms with Gasteiger partial charge in [-0.05, 0) is 12.1 Å². The number of aromatic nitrogens is 6. The second kappa shape index (κ2) is 10.9. The van der Waals surface area contributed by atoms with Crippen molar-refractivity contribution in [3.8, 4) is 17.1 Å². The van der Waals surface area contributed by atoms with Crippen molar-refractivity contribution in [2.45, 2.75) is 0 Å². The number of hydrogen-bond acceptors (Lipinski definition) is 10. The Labute approximate surface area is 221 Å². The van der Waals surface area contributed by atoms with Crippen molar-refractivity contribution in [1.82, 2.24) is 40.2 Å². The molecule has 196 valence electrons. The van der Waals surface area contributed by atoms with Crippen molar-refractivity contribution in [1.29, 1.82) is 0 Å². The van der Waals surface area contributed by atoms with Crippen LogP contribution in [0.5, 0.6) is 5.75 Å². The standard InChI is InChI=1S/C24H25FN10O3/c1-26-23(36)20-16(9-18(31-32-20)30-19-10-17(35(4)33-19)24(37)34(2)3)29-15-8-6-7-14(21(15)38-5)22-27-11-13(25)12-28-22/h6-12H,1-5H3,(H,26,36)(H2,29,30,31,33)/i1D3. The second-order valence-electron chi connectivity index (χ2n) is 8.05. The van der Waals surface area contributed by atoms with E-state index in [1.165, 1.54) is 28.8 Å². The van der Waals surface area contributed by atoms with E-state index < -0.39 is 18.7 Å². The minimum absolute atomic E-state index is 0.0558. The van der Waals surface area contributed by atoms with Gasteiger partial charge in [0.25, 0.3) is 11.8 Å². The molecule has 1 aromatic carbocycles. The van der Waals surface area contributed by atoms with Crippen molar-refractivity contribution in [2.75, 3.05) is 38.8 Å². The lowest BCUT2D eigenvalue weighted by atomic mass is 10.1. The molecule has 14 heteroatoms. The van der Waals surface area contributed by atoms with E-state index in [0.29, 0.717) is 16.9 Å². The first-order valence-corrected chi connectivity index (χ1v) is 11.0. The van der Waals surface area contributed by atoms with Gasteiger partial charge >= 0.3 is 0 Å². The van der Waals surface area contributed by atoms with Gasteiger partial charge in [-0.1, -0.05) is 6.07 Å². The molecule has 0 atom stereocenters. The summed E-state index contributed by atoms with van der Waals surface area (Å²) in [6.45, 7) is -2.78. The van der Waals surface area contributed by atoms with Gasteiger partial charge in [-0.3, -0.25) is 14.3 Å². The fraction of sp³-hybridized carbons (Fsp3) is 0.208. The Bertz CT molecular complexity index is 1590. The molecule has 4 rings (SSSR count). The maximum absolute atomic E-state index is 13.4. The van der Waals surface area contributed by atoms with Crippen LogP contribution in [0.1, 0.15) is 25.1 Å². The number of rotatable bonds is 8. The van der Waals surface area contributed by atoms with Crippen LogP contribution in [0.3, 0.4) is 0 Å². The molecule has 0 aliphatic heterocycles. The summed E-state index contributed by atoms with van der Waals surface area (Å²) >= 11 is 0. The molecule has 3 N–H and O–H groups in total. The van der Waals surface area contributed by atoms with Gasteiger partial charge in [0.2, 0.25) is 0 Å². The molecular weight excluding hydrogens is 495 g/mol. The zero-order chi connectivity index (χ0) is 29.9. The minimum atomic E-state index is -2.78. The van der Waals surface area contributed by atoms with E-state index in [-0.39, 0.29) is 40.5 Å². The predicted molar refractivity (Wildman–Crippen MR) is 137 cm³/mol. The summed E-state index contributed by atoms with van der Waals surface area (Å²) in [6, 6.07) is 7.86. The zero-order valence-corrected chi connectivity index (χ0v) is 20.8. The van der Waals surface area contributed by atoms with E-state index in [1.54, 1.807) is 39.3 Å². The first-order chi connectivity index (χ1) is 19.4. The first kappa shape index (κ1) is 22.1. The molecule has 38 heavy (non-hydrogen) atoms. The van der Waals surface area contributed by atoms with E-state index >= 15 is 0 Å². The van der Waals surface area contributed by atoms with Gasteiger partial charge < -0.3 is 25.6 Å². The smallest absolute Gasteiger partial charge is 0.273 e. The summed E-state index contributed by atoms with van der Waals surface area (Å²) in [7, 11) is 6.23. The SMILES string of the molecule is [2H]C([2H])([2H])NC(=O)c1nnc(Nc2cc(C(=O)N(C)C)n(C)n2)cc1Nc1cccc(-c2ncc(F)cn2)c1OC.